The summed E-state index contributed by atoms with van der Waals surface area (Å²) in [5.74, 6) is -1.93. The van der Waals surface area contributed by atoms with Crippen molar-refractivity contribution in [1.29, 1.82) is 0 Å². The predicted octanol–water partition coefficient (Wildman–Crippen LogP) is 1.52. The minimum Gasteiger partial charge on any atom is -0.505 e. The Morgan fingerprint density at radius 1 is 1.21 bits per heavy atom. The molecule has 0 heterocycles. The molecule has 0 fully saturated rings. The van der Waals surface area contributed by atoms with Gasteiger partial charge in [0.05, 0.1) is 0 Å². The van der Waals surface area contributed by atoms with E-state index in [9.17, 15) is 9.50 Å². The Bertz CT molecular complexity index is 315. The molecule has 4 N–H and O–H groups in total. The number of aryl methyl sites for hydroxylation is 1. The Kier molecular flexibility index (Phi) is 3.71. The van der Waals surface area contributed by atoms with Crippen LogP contribution in [0.1, 0.15) is 18.4 Å². The fourth-order valence-corrected chi connectivity index (χ4v) is 1.26. The van der Waals surface area contributed by atoms with Crippen LogP contribution in [0.3, 0.4) is 0 Å². The molecule has 1 aromatic rings. The number of phenolic OH excluding ortho intramolecular Hbond substituents is 2. The highest BCUT2D eigenvalue weighted by Crippen LogP contribution is 2.29. The Morgan fingerprint density at radius 2 is 1.93 bits per heavy atom. The molecule has 3 nitrogen and oxygen atoms in total. The van der Waals surface area contributed by atoms with Gasteiger partial charge in [0.2, 0.25) is 5.82 Å². The minimum absolute atomic E-state index is 0.456. The molecule has 78 valence electrons. The van der Waals surface area contributed by atoms with Gasteiger partial charge in [0.25, 0.3) is 0 Å². The summed E-state index contributed by atoms with van der Waals surface area (Å²) in [6.45, 7) is 0.585. The van der Waals surface area contributed by atoms with Crippen LogP contribution in [-0.4, -0.2) is 16.8 Å². The Balaban J connectivity index is 2.73. The molecule has 4 heteroatoms. The second kappa shape index (κ2) is 4.81. The number of unbranched alkanes of at least 4 members (excludes halogenated alkanes) is 1. The molecule has 0 aliphatic rings. The summed E-state index contributed by atoms with van der Waals surface area (Å²) in [5, 5.41) is 18.3. The SMILES string of the molecule is NCCCCc1ccc(O)c(F)c1O. The maximum absolute atomic E-state index is 13.0. The molecule has 0 unspecified atom stereocenters. The van der Waals surface area contributed by atoms with Crippen LogP contribution in [0.4, 0.5) is 4.39 Å². The predicted molar refractivity (Wildman–Crippen MR) is 51.7 cm³/mol. The Morgan fingerprint density at radius 3 is 2.57 bits per heavy atom. The Hall–Kier alpha value is -1.29. The van der Waals surface area contributed by atoms with E-state index in [0.717, 1.165) is 12.8 Å². The van der Waals surface area contributed by atoms with E-state index in [4.69, 9.17) is 10.8 Å². The van der Waals surface area contributed by atoms with Crippen LogP contribution >= 0.6 is 0 Å². The fourth-order valence-electron chi connectivity index (χ4n) is 1.26. The lowest BCUT2D eigenvalue weighted by molar-refractivity contribution is 0.385. The van der Waals surface area contributed by atoms with Gasteiger partial charge >= 0.3 is 0 Å². The number of phenols is 2. The van der Waals surface area contributed by atoms with Gasteiger partial charge in [0, 0.05) is 0 Å². The molecule has 0 spiro atoms. The lowest BCUT2D eigenvalue weighted by Crippen LogP contribution is -1.99. The summed E-state index contributed by atoms with van der Waals surface area (Å²) >= 11 is 0. The normalized spacial score (nSPS) is 10.4. The zero-order valence-electron chi connectivity index (χ0n) is 7.83. The monoisotopic (exact) mass is 199 g/mol. The first-order valence-corrected chi connectivity index (χ1v) is 4.56. The lowest BCUT2D eigenvalue weighted by Gasteiger charge is -2.05. The molecule has 0 atom stereocenters. The second-order valence-electron chi connectivity index (χ2n) is 3.15. The van der Waals surface area contributed by atoms with Gasteiger partial charge in [-0.25, -0.2) is 0 Å². The van der Waals surface area contributed by atoms with E-state index >= 15 is 0 Å². The molecule has 0 saturated heterocycles. The minimum atomic E-state index is -0.949. The zero-order valence-corrected chi connectivity index (χ0v) is 7.83. The second-order valence-corrected chi connectivity index (χ2v) is 3.15. The third kappa shape index (κ3) is 2.35. The van der Waals surface area contributed by atoms with Gasteiger partial charge in [-0.1, -0.05) is 6.07 Å². The molecule has 1 aromatic carbocycles. The van der Waals surface area contributed by atoms with E-state index in [0.29, 0.717) is 18.5 Å². The maximum atomic E-state index is 13.0. The average molecular weight is 199 g/mol. The summed E-state index contributed by atoms with van der Waals surface area (Å²) < 4.78 is 13.0. The highest BCUT2D eigenvalue weighted by molar-refractivity contribution is 5.40. The third-order valence-corrected chi connectivity index (χ3v) is 2.08. The van der Waals surface area contributed by atoms with Crippen LogP contribution in [0, 0.1) is 5.82 Å². The van der Waals surface area contributed by atoms with Gasteiger partial charge in [-0.3, -0.25) is 0 Å². The summed E-state index contributed by atoms with van der Waals surface area (Å²) in [5.41, 5.74) is 5.82. The summed E-state index contributed by atoms with van der Waals surface area (Å²) in [6.07, 6.45) is 2.20. The van der Waals surface area contributed by atoms with E-state index in [1.807, 2.05) is 0 Å². The van der Waals surface area contributed by atoms with Crippen molar-refractivity contribution in [1.82, 2.24) is 0 Å². The van der Waals surface area contributed by atoms with Crippen LogP contribution in [0.5, 0.6) is 11.5 Å². The lowest BCUT2D eigenvalue weighted by atomic mass is 10.1. The molecule has 0 amide bonds. The summed E-state index contributed by atoms with van der Waals surface area (Å²) in [7, 11) is 0. The number of hydrogen-bond acceptors (Lipinski definition) is 3. The summed E-state index contributed by atoms with van der Waals surface area (Å²) in [6, 6.07) is 2.76. The van der Waals surface area contributed by atoms with Crippen molar-refractivity contribution in [2.45, 2.75) is 19.3 Å². The van der Waals surface area contributed by atoms with E-state index in [-0.39, 0.29) is 0 Å². The van der Waals surface area contributed by atoms with Crippen molar-refractivity contribution < 1.29 is 14.6 Å². The Labute approximate surface area is 82.0 Å². The van der Waals surface area contributed by atoms with Gasteiger partial charge in [-0.15, -0.1) is 0 Å². The maximum Gasteiger partial charge on any atom is 0.206 e. The molecule has 0 radical (unpaired) electrons. The van der Waals surface area contributed by atoms with Crippen molar-refractivity contribution in [3.8, 4) is 11.5 Å². The van der Waals surface area contributed by atoms with E-state index in [2.05, 4.69) is 0 Å². The first-order valence-electron chi connectivity index (χ1n) is 4.56. The van der Waals surface area contributed by atoms with Crippen molar-refractivity contribution in [2.75, 3.05) is 6.54 Å². The molecule has 0 aromatic heterocycles. The van der Waals surface area contributed by atoms with E-state index in [1.165, 1.54) is 12.1 Å². The first-order chi connectivity index (χ1) is 6.66. The molecule has 0 bridgehead atoms. The number of aromatic hydroxyl groups is 2. The van der Waals surface area contributed by atoms with Crippen LogP contribution in [0.15, 0.2) is 12.1 Å². The molecular weight excluding hydrogens is 185 g/mol. The summed E-state index contributed by atoms with van der Waals surface area (Å²) in [4.78, 5) is 0. The highest BCUT2D eigenvalue weighted by atomic mass is 19.1. The number of benzene rings is 1. The van der Waals surface area contributed by atoms with Crippen molar-refractivity contribution >= 4 is 0 Å². The smallest absolute Gasteiger partial charge is 0.206 e. The average Bonchev–Trinajstić information content (AvgIpc) is 2.18. The number of hydrogen-bond donors (Lipinski definition) is 3. The van der Waals surface area contributed by atoms with Gasteiger partial charge in [0.1, 0.15) is 0 Å². The number of halogens is 1. The van der Waals surface area contributed by atoms with Crippen molar-refractivity contribution in [3.63, 3.8) is 0 Å². The van der Waals surface area contributed by atoms with Crippen LogP contribution in [0.25, 0.3) is 0 Å². The van der Waals surface area contributed by atoms with Gasteiger partial charge in [-0.2, -0.15) is 4.39 Å². The molecule has 1 rings (SSSR count). The highest BCUT2D eigenvalue weighted by Gasteiger charge is 2.10. The van der Waals surface area contributed by atoms with Crippen molar-refractivity contribution in [2.24, 2.45) is 5.73 Å². The van der Waals surface area contributed by atoms with Gasteiger partial charge in [-0.05, 0) is 37.4 Å². The third-order valence-electron chi connectivity index (χ3n) is 2.08. The fraction of sp³-hybridized carbons (Fsp3) is 0.400. The van der Waals surface area contributed by atoms with Crippen LogP contribution < -0.4 is 5.73 Å². The number of nitrogens with two attached hydrogens (primary N) is 1. The van der Waals surface area contributed by atoms with Crippen LogP contribution in [0.2, 0.25) is 0 Å². The zero-order chi connectivity index (χ0) is 10.6. The quantitative estimate of drug-likeness (QED) is 0.644. The molecular formula is C10H14FNO2. The first kappa shape index (κ1) is 10.8. The van der Waals surface area contributed by atoms with E-state index < -0.39 is 17.3 Å². The topological polar surface area (TPSA) is 66.5 Å². The van der Waals surface area contributed by atoms with E-state index in [1.54, 1.807) is 0 Å². The van der Waals surface area contributed by atoms with Crippen molar-refractivity contribution in [3.05, 3.63) is 23.5 Å². The van der Waals surface area contributed by atoms with Gasteiger partial charge < -0.3 is 15.9 Å². The molecule has 14 heavy (non-hydrogen) atoms. The van der Waals surface area contributed by atoms with Crippen LogP contribution in [-0.2, 0) is 6.42 Å². The van der Waals surface area contributed by atoms with Gasteiger partial charge in [0.15, 0.2) is 11.5 Å². The molecule has 0 saturated carbocycles. The number of rotatable bonds is 4. The standard InChI is InChI=1S/C10H14FNO2/c11-9-8(13)5-4-7(10(9)14)3-1-2-6-12/h4-5,13-14H,1-3,6,12H2. The largest absolute Gasteiger partial charge is 0.505 e. The molecule has 0 aliphatic heterocycles. The molecule has 0 aliphatic carbocycles.